The van der Waals surface area contributed by atoms with Crippen LogP contribution in [-0.2, 0) is 4.84 Å². The highest BCUT2D eigenvalue weighted by Gasteiger charge is 2.31. The van der Waals surface area contributed by atoms with E-state index in [0.29, 0.717) is 22.3 Å². The molecule has 158 valence electrons. The molecule has 0 aromatic heterocycles. The average molecular weight is 441 g/mol. The Labute approximate surface area is 177 Å². The van der Waals surface area contributed by atoms with Gasteiger partial charge in [0.15, 0.2) is 23.3 Å². The first kappa shape index (κ1) is 22.1. The van der Waals surface area contributed by atoms with Gasteiger partial charge in [-0.25, -0.2) is 26.7 Å². The highest BCUT2D eigenvalue weighted by Crippen LogP contribution is 2.24. The zero-order valence-corrected chi connectivity index (χ0v) is 15.7. The first-order valence-corrected chi connectivity index (χ1v) is 8.60. The number of nitriles is 2. The van der Waals surface area contributed by atoms with Gasteiger partial charge in [-0.05, 0) is 24.3 Å². The van der Waals surface area contributed by atoms with Crippen LogP contribution in [0.25, 0.3) is 0 Å². The molecule has 0 aliphatic carbocycles. The Morgan fingerprint density at radius 2 is 1.06 bits per heavy atom. The lowest BCUT2D eigenvalue weighted by molar-refractivity contribution is 0.0502. The van der Waals surface area contributed by atoms with Crippen molar-refractivity contribution in [1.82, 2.24) is 0 Å². The molecule has 0 saturated carbocycles. The summed E-state index contributed by atoms with van der Waals surface area (Å²) in [7, 11) is 0. The number of halogens is 5. The van der Waals surface area contributed by atoms with Gasteiger partial charge in [-0.1, -0.05) is 29.4 Å². The van der Waals surface area contributed by atoms with Gasteiger partial charge in [0.1, 0.15) is 11.3 Å². The molecule has 0 amide bonds. The lowest BCUT2D eigenvalue weighted by Crippen LogP contribution is -2.15. The van der Waals surface area contributed by atoms with Crippen LogP contribution in [0, 0.1) is 51.7 Å². The molecule has 10 heteroatoms. The van der Waals surface area contributed by atoms with Crippen LogP contribution in [0.15, 0.2) is 53.7 Å². The molecular weight excluding hydrogens is 433 g/mol. The molecular formula is C22H8F5N3O2. The van der Waals surface area contributed by atoms with Crippen LogP contribution in [0.2, 0.25) is 0 Å². The molecule has 0 heterocycles. The summed E-state index contributed by atoms with van der Waals surface area (Å²) in [5.74, 6) is -13.7. The summed E-state index contributed by atoms with van der Waals surface area (Å²) in [6.07, 6.45) is 0. The van der Waals surface area contributed by atoms with Gasteiger partial charge in [-0.3, -0.25) is 0 Å². The zero-order chi connectivity index (χ0) is 23.4. The molecule has 3 aromatic carbocycles. The number of benzene rings is 3. The van der Waals surface area contributed by atoms with Gasteiger partial charge in [0.25, 0.3) is 0 Å². The summed E-state index contributed by atoms with van der Waals surface area (Å²) in [5.41, 5.74) is -0.698. The number of oxime groups is 1. The minimum atomic E-state index is -2.42. The third kappa shape index (κ3) is 4.16. The van der Waals surface area contributed by atoms with Gasteiger partial charge in [-0.2, -0.15) is 10.5 Å². The quantitative estimate of drug-likeness (QED) is 0.146. The predicted molar refractivity (Wildman–Crippen MR) is 99.6 cm³/mol. The fourth-order valence-electron chi connectivity index (χ4n) is 2.59. The Bertz CT molecular complexity index is 1230. The third-order valence-corrected chi connectivity index (χ3v) is 4.21. The van der Waals surface area contributed by atoms with E-state index in [0.717, 1.165) is 0 Å². The van der Waals surface area contributed by atoms with E-state index < -0.39 is 40.6 Å². The van der Waals surface area contributed by atoms with E-state index in [-0.39, 0.29) is 5.71 Å². The maximum Gasteiger partial charge on any atom is 0.371 e. The Hall–Kier alpha value is -4.57. The highest BCUT2D eigenvalue weighted by atomic mass is 19.2. The largest absolute Gasteiger partial charge is 0.371 e. The van der Waals surface area contributed by atoms with Gasteiger partial charge < -0.3 is 4.84 Å². The van der Waals surface area contributed by atoms with Gasteiger partial charge >= 0.3 is 5.97 Å². The molecule has 3 aromatic rings. The molecule has 3 rings (SSSR count). The molecule has 0 unspecified atom stereocenters. The first-order valence-electron chi connectivity index (χ1n) is 8.60. The lowest BCUT2D eigenvalue weighted by Gasteiger charge is -2.09. The topological polar surface area (TPSA) is 86.2 Å². The SMILES string of the molecule is N#Cc1ccc(C(=NOC(=O)c2c(F)c(F)c(F)c(F)c2F)c2ccc(C#N)cc2)cc1. The first-order chi connectivity index (χ1) is 15.3. The average Bonchev–Trinajstić information content (AvgIpc) is 2.82. The van der Waals surface area contributed by atoms with E-state index in [9.17, 15) is 26.7 Å². The van der Waals surface area contributed by atoms with Crippen molar-refractivity contribution >= 4 is 11.7 Å². The van der Waals surface area contributed by atoms with E-state index in [4.69, 9.17) is 10.5 Å². The Morgan fingerprint density at radius 1 is 0.688 bits per heavy atom. The lowest BCUT2D eigenvalue weighted by atomic mass is 10.0. The number of hydrogen-bond acceptors (Lipinski definition) is 5. The highest BCUT2D eigenvalue weighted by molar-refractivity contribution is 6.13. The Balaban J connectivity index is 2.06. The fraction of sp³-hybridized carbons (Fsp3) is 0. The van der Waals surface area contributed by atoms with Crippen molar-refractivity contribution in [3.63, 3.8) is 0 Å². The second kappa shape index (κ2) is 9.06. The smallest absolute Gasteiger partial charge is 0.312 e. The normalized spacial score (nSPS) is 10.1. The molecule has 0 radical (unpaired) electrons. The third-order valence-electron chi connectivity index (χ3n) is 4.21. The number of hydrogen-bond donors (Lipinski definition) is 0. The molecule has 0 atom stereocenters. The second-order valence-corrected chi connectivity index (χ2v) is 6.14. The van der Waals surface area contributed by atoms with Crippen molar-refractivity contribution in [2.45, 2.75) is 0 Å². The minimum Gasteiger partial charge on any atom is -0.312 e. The second-order valence-electron chi connectivity index (χ2n) is 6.14. The molecule has 0 saturated heterocycles. The molecule has 0 bridgehead atoms. The van der Waals surface area contributed by atoms with Crippen molar-refractivity contribution in [3.05, 3.63) is 105 Å². The van der Waals surface area contributed by atoms with Crippen molar-refractivity contribution in [1.29, 1.82) is 10.5 Å². The zero-order valence-electron chi connectivity index (χ0n) is 15.7. The van der Waals surface area contributed by atoms with E-state index >= 15 is 0 Å². The van der Waals surface area contributed by atoms with Gasteiger partial charge in [0.05, 0.1) is 23.3 Å². The molecule has 0 aliphatic rings. The van der Waals surface area contributed by atoms with Gasteiger partial charge in [-0.15, -0.1) is 0 Å². The van der Waals surface area contributed by atoms with Crippen LogP contribution >= 0.6 is 0 Å². The maximum atomic E-state index is 13.9. The summed E-state index contributed by atoms with van der Waals surface area (Å²) in [4.78, 5) is 16.6. The van der Waals surface area contributed by atoms with Crippen LogP contribution in [0.5, 0.6) is 0 Å². The molecule has 5 nitrogen and oxygen atoms in total. The van der Waals surface area contributed by atoms with Crippen LogP contribution in [-0.4, -0.2) is 11.7 Å². The monoisotopic (exact) mass is 441 g/mol. The van der Waals surface area contributed by atoms with Crippen molar-refractivity contribution < 1.29 is 31.6 Å². The molecule has 0 fully saturated rings. The number of carbonyl (C=O) groups excluding carboxylic acids is 1. The predicted octanol–water partition coefficient (Wildman–Crippen LogP) is 4.73. The van der Waals surface area contributed by atoms with Crippen molar-refractivity contribution in [2.24, 2.45) is 5.16 Å². The maximum absolute atomic E-state index is 13.9. The van der Waals surface area contributed by atoms with Crippen molar-refractivity contribution in [3.8, 4) is 12.1 Å². The van der Waals surface area contributed by atoms with E-state index in [1.165, 1.54) is 48.5 Å². The minimum absolute atomic E-state index is 0.0730. The summed E-state index contributed by atoms with van der Waals surface area (Å²) < 4.78 is 67.7. The number of carbonyl (C=O) groups is 1. The van der Waals surface area contributed by atoms with Crippen LogP contribution in [0.1, 0.15) is 32.6 Å². The standard InChI is InChI=1S/C22H8F5N3O2/c23-16-15(17(24)19(26)20(27)18(16)25)22(31)32-30-21(13-5-1-11(9-28)2-6-13)14-7-3-12(10-29)4-8-14/h1-8H. The summed E-state index contributed by atoms with van der Waals surface area (Å²) in [5, 5.41) is 21.4. The van der Waals surface area contributed by atoms with Crippen LogP contribution in [0.3, 0.4) is 0 Å². The summed E-state index contributed by atoms with van der Waals surface area (Å²) in [6, 6.07) is 15.2. The molecule has 0 spiro atoms. The fourth-order valence-corrected chi connectivity index (χ4v) is 2.59. The number of nitrogens with zero attached hydrogens (tertiary/aromatic N) is 3. The Morgan fingerprint density at radius 3 is 1.44 bits per heavy atom. The summed E-state index contributed by atoms with van der Waals surface area (Å²) >= 11 is 0. The van der Waals surface area contributed by atoms with Gasteiger partial charge in [0.2, 0.25) is 5.82 Å². The molecule has 0 aliphatic heterocycles. The van der Waals surface area contributed by atoms with E-state index in [2.05, 4.69) is 9.99 Å². The Kier molecular flexibility index (Phi) is 6.26. The number of rotatable bonds is 4. The van der Waals surface area contributed by atoms with E-state index in [1.54, 1.807) is 0 Å². The van der Waals surface area contributed by atoms with Gasteiger partial charge in [0, 0.05) is 11.1 Å². The summed E-state index contributed by atoms with van der Waals surface area (Å²) in [6.45, 7) is 0. The van der Waals surface area contributed by atoms with Crippen LogP contribution in [0.4, 0.5) is 22.0 Å². The molecule has 0 N–H and O–H groups in total. The van der Waals surface area contributed by atoms with Crippen molar-refractivity contribution in [2.75, 3.05) is 0 Å². The molecule has 32 heavy (non-hydrogen) atoms. The van der Waals surface area contributed by atoms with Crippen LogP contribution < -0.4 is 0 Å². The van der Waals surface area contributed by atoms with E-state index in [1.807, 2.05) is 12.1 Å².